The lowest BCUT2D eigenvalue weighted by Gasteiger charge is -2.16. The number of fused-ring (bicyclic) bond motifs is 1. The normalized spacial score (nSPS) is 13.1. The van der Waals surface area contributed by atoms with Crippen LogP contribution >= 0.6 is 11.3 Å². The van der Waals surface area contributed by atoms with Crippen molar-refractivity contribution in [1.82, 2.24) is 25.4 Å². The lowest BCUT2D eigenvalue weighted by atomic mass is 10.0. The Morgan fingerprint density at radius 3 is 2.32 bits per heavy atom. The fourth-order valence-electron chi connectivity index (χ4n) is 4.40. The molecular formula is C27H24F3N5O6S3. The highest BCUT2D eigenvalue weighted by molar-refractivity contribution is 7.91. The molecule has 0 spiro atoms. The highest BCUT2D eigenvalue weighted by atomic mass is 32.2. The molecule has 1 unspecified atom stereocenters. The van der Waals surface area contributed by atoms with Crippen molar-refractivity contribution in [1.29, 1.82) is 0 Å². The number of rotatable bonds is 12. The van der Waals surface area contributed by atoms with Gasteiger partial charge in [0.05, 0.1) is 28.9 Å². The fourth-order valence-corrected chi connectivity index (χ4v) is 7.77. The van der Waals surface area contributed by atoms with Crippen molar-refractivity contribution in [3.63, 3.8) is 0 Å². The van der Waals surface area contributed by atoms with Gasteiger partial charge in [-0.2, -0.15) is 18.0 Å². The third kappa shape index (κ3) is 7.48. The van der Waals surface area contributed by atoms with Crippen LogP contribution in [-0.4, -0.2) is 39.1 Å². The molecular weight excluding hydrogens is 644 g/mol. The summed E-state index contributed by atoms with van der Waals surface area (Å²) in [6.45, 7) is 0.258. The van der Waals surface area contributed by atoms with Crippen LogP contribution in [0.2, 0.25) is 0 Å². The van der Waals surface area contributed by atoms with E-state index < -0.39 is 43.5 Å². The smallest absolute Gasteiger partial charge is 0.416 e. The summed E-state index contributed by atoms with van der Waals surface area (Å²) < 4.78 is 100.0. The Kier molecular flexibility index (Phi) is 9.42. The summed E-state index contributed by atoms with van der Waals surface area (Å²) in [7, 11) is -5.57. The lowest BCUT2D eigenvalue weighted by molar-refractivity contribution is -0.137. The molecule has 44 heavy (non-hydrogen) atoms. The average molecular weight is 668 g/mol. The fraction of sp³-hybridized carbons (Fsp3) is 0.222. The van der Waals surface area contributed by atoms with Crippen LogP contribution in [0.4, 0.5) is 13.2 Å². The molecule has 11 nitrogen and oxygen atoms in total. The monoisotopic (exact) mass is 667 g/mol. The van der Waals surface area contributed by atoms with Crippen molar-refractivity contribution in [2.75, 3.05) is 7.11 Å². The van der Waals surface area contributed by atoms with Gasteiger partial charge in [0.1, 0.15) is 16.0 Å². The number of ether oxygens (including phenoxy) is 1. The number of nitrogens with one attached hydrogen (secondary N) is 2. The first-order valence-corrected chi connectivity index (χ1v) is 16.5. The molecule has 2 aromatic heterocycles. The number of alkyl halides is 3. The Bertz CT molecular complexity index is 1930. The van der Waals surface area contributed by atoms with E-state index in [1.807, 2.05) is 41.2 Å². The highest BCUT2D eigenvalue weighted by Crippen LogP contribution is 2.39. The van der Waals surface area contributed by atoms with Crippen LogP contribution in [0.1, 0.15) is 38.7 Å². The van der Waals surface area contributed by atoms with Crippen molar-refractivity contribution >= 4 is 42.3 Å². The van der Waals surface area contributed by atoms with Gasteiger partial charge in [0.15, 0.2) is 9.84 Å². The molecule has 0 radical (unpaired) electrons. The summed E-state index contributed by atoms with van der Waals surface area (Å²) in [5.41, 5.74) is 4.78. The zero-order valence-electron chi connectivity index (χ0n) is 22.7. The number of hydrogen-bond donors (Lipinski definition) is 3. The maximum Gasteiger partial charge on any atom is 0.416 e. The summed E-state index contributed by atoms with van der Waals surface area (Å²) in [5.74, 6) is -1.12. The number of halogens is 3. The molecule has 2 N–H and O–H groups in total. The van der Waals surface area contributed by atoms with E-state index in [0.717, 1.165) is 52.3 Å². The predicted octanol–water partition coefficient (Wildman–Crippen LogP) is 4.34. The summed E-state index contributed by atoms with van der Waals surface area (Å²) in [5, 5.41) is 6.14. The van der Waals surface area contributed by atoms with Crippen molar-refractivity contribution in [3.8, 4) is 11.1 Å². The van der Waals surface area contributed by atoms with Crippen molar-refractivity contribution < 1.29 is 39.2 Å². The summed E-state index contributed by atoms with van der Waals surface area (Å²) >= 11 is 1.11. The van der Waals surface area contributed by atoms with Crippen LogP contribution in [0.5, 0.6) is 0 Å². The second-order valence-electron chi connectivity index (χ2n) is 9.48. The van der Waals surface area contributed by atoms with Gasteiger partial charge in [-0.05, 0) is 46.5 Å². The number of sulfone groups is 1. The minimum atomic E-state index is -4.61. The van der Waals surface area contributed by atoms with Gasteiger partial charge in [-0.1, -0.05) is 42.5 Å². The van der Waals surface area contributed by atoms with Gasteiger partial charge in [-0.25, -0.2) is 27.2 Å². The molecule has 0 fully saturated rings. The van der Waals surface area contributed by atoms with Gasteiger partial charge in [-0.15, -0.1) is 21.5 Å². The van der Waals surface area contributed by atoms with Gasteiger partial charge in [0.25, 0.3) is 0 Å². The highest BCUT2D eigenvalue weighted by Gasteiger charge is 2.36. The van der Waals surface area contributed by atoms with Gasteiger partial charge in [0.2, 0.25) is 22.7 Å². The van der Waals surface area contributed by atoms with Gasteiger partial charge < -0.3 is 9.15 Å². The summed E-state index contributed by atoms with van der Waals surface area (Å²) in [6, 6.07) is 17.1. The molecule has 0 aliphatic heterocycles. The van der Waals surface area contributed by atoms with E-state index in [0.29, 0.717) is 16.8 Å². The van der Waals surface area contributed by atoms with E-state index >= 15 is 0 Å². The van der Waals surface area contributed by atoms with Crippen LogP contribution in [0, 0.1) is 0 Å². The number of nitrogens with zero attached hydrogens (tertiary/aromatic N) is 3. The van der Waals surface area contributed by atoms with Crippen molar-refractivity contribution in [2.24, 2.45) is 0 Å². The predicted molar refractivity (Wildman–Crippen MR) is 156 cm³/mol. The third-order valence-corrected chi connectivity index (χ3v) is 9.81. The number of thiol groups is 1. The third-order valence-electron chi connectivity index (χ3n) is 6.37. The molecule has 5 aromatic rings. The number of thiazole rings is 1. The molecule has 232 valence electrons. The second-order valence-corrected chi connectivity index (χ2v) is 13.4. The Labute approximate surface area is 255 Å². The first-order chi connectivity index (χ1) is 20.9. The van der Waals surface area contributed by atoms with Crippen LogP contribution < -0.4 is 10.3 Å². The average Bonchev–Trinajstić information content (AvgIpc) is 3.58. The summed E-state index contributed by atoms with van der Waals surface area (Å²) in [6.07, 6.45) is -4.61. The van der Waals surface area contributed by atoms with E-state index in [-0.39, 0.29) is 28.9 Å². The van der Waals surface area contributed by atoms with Crippen LogP contribution in [0.25, 0.3) is 21.3 Å². The van der Waals surface area contributed by atoms with E-state index in [9.17, 15) is 30.0 Å². The Hall–Kier alpha value is -3.74. The zero-order valence-corrected chi connectivity index (χ0v) is 25.3. The molecule has 5 rings (SSSR count). The second kappa shape index (κ2) is 13.1. The lowest BCUT2D eigenvalue weighted by Crippen LogP contribution is -2.29. The van der Waals surface area contributed by atoms with E-state index in [2.05, 4.69) is 20.6 Å². The van der Waals surface area contributed by atoms with Gasteiger partial charge in [0, 0.05) is 7.11 Å². The number of benzene rings is 3. The molecule has 3 aromatic carbocycles. The minimum absolute atomic E-state index is 0.0795. The number of hydrogen-bond acceptors (Lipinski definition) is 11. The quantitative estimate of drug-likeness (QED) is 0.129. The maximum absolute atomic E-state index is 13.8. The molecule has 0 aliphatic rings. The maximum atomic E-state index is 13.8. The number of methoxy groups -OCH3 is 1. The Morgan fingerprint density at radius 1 is 0.977 bits per heavy atom. The number of hydrazine groups is 1. The first-order valence-electron chi connectivity index (χ1n) is 12.7. The minimum Gasteiger partial charge on any atom is -0.423 e. The van der Waals surface area contributed by atoms with Crippen LogP contribution in [-0.2, 0) is 50.5 Å². The molecule has 0 bridgehead atoms. The van der Waals surface area contributed by atoms with E-state index in [1.165, 1.54) is 0 Å². The molecule has 0 amide bonds. The van der Waals surface area contributed by atoms with E-state index in [1.54, 1.807) is 13.2 Å². The summed E-state index contributed by atoms with van der Waals surface area (Å²) in [4.78, 5) is 6.49. The Balaban J connectivity index is 1.50. The molecule has 0 aliphatic carbocycles. The molecule has 0 saturated heterocycles. The van der Waals surface area contributed by atoms with Gasteiger partial charge in [-0.3, -0.25) is 0 Å². The Morgan fingerprint density at radius 2 is 1.66 bits per heavy atom. The van der Waals surface area contributed by atoms with Crippen molar-refractivity contribution in [3.05, 3.63) is 100 Å². The largest absolute Gasteiger partial charge is 0.423 e. The van der Waals surface area contributed by atoms with Crippen LogP contribution in [0.3, 0.4) is 0 Å². The molecule has 1 atom stereocenters. The molecule has 17 heteroatoms. The molecule has 2 heterocycles. The van der Waals surface area contributed by atoms with E-state index in [4.69, 9.17) is 9.15 Å². The molecule has 0 saturated carbocycles. The first kappa shape index (κ1) is 31.7. The topological polar surface area (TPSA) is 153 Å². The standard InChI is InChI=1S/C27H24F3N5O6S3/c1-40-14-16-2-4-17(5-3-16)19-8-11-21-22(12-19)42-26(32-21)25(18-6-9-20(10-7-18)27(28,29)30)44(38,39)15-24-34-33-23(41-24)13-31-35-43(36)37/h2-12,25,31,43H,13-15H2,1H3,(H,35,36,37). The van der Waals surface area contributed by atoms with Crippen LogP contribution in [0.15, 0.2) is 71.1 Å². The zero-order chi connectivity index (χ0) is 31.5. The van der Waals surface area contributed by atoms with Crippen molar-refractivity contribution in [2.45, 2.75) is 30.3 Å². The SMILES string of the molecule is COCc1ccc(-c2ccc3nc(C(c4ccc(C(F)(F)F)cc4)S(=O)(=O)Cc4nnc(CNN[SH](=O)=O)o4)sc3c2)cc1. The van der Waals surface area contributed by atoms with Gasteiger partial charge >= 0.3 is 6.18 Å². The number of aromatic nitrogens is 3.